The van der Waals surface area contributed by atoms with Crippen LogP contribution in [0.1, 0.15) is 112 Å². The van der Waals surface area contributed by atoms with Crippen LogP contribution in [-0.4, -0.2) is 4.57 Å². The molecule has 0 N–H and O–H groups in total. The molecule has 0 saturated heterocycles. The molecule has 6 aromatic rings. The third kappa shape index (κ3) is 10.7. The van der Waals surface area contributed by atoms with Gasteiger partial charge in [-0.3, -0.25) is 0 Å². The summed E-state index contributed by atoms with van der Waals surface area (Å²) in [6.07, 6.45) is 34.1. The van der Waals surface area contributed by atoms with Gasteiger partial charge in [0.25, 0.3) is 0 Å². The van der Waals surface area contributed by atoms with Crippen LogP contribution in [0.2, 0.25) is 0 Å². The largest absolute Gasteiger partial charge is 0.310 e. The summed E-state index contributed by atoms with van der Waals surface area (Å²) in [5, 5.41) is 1.19. The summed E-state index contributed by atoms with van der Waals surface area (Å²) in [6.45, 7) is 35.2. The molecule has 0 radical (unpaired) electrons. The highest BCUT2D eigenvalue weighted by Crippen LogP contribution is 2.48. The van der Waals surface area contributed by atoms with E-state index in [4.69, 9.17) is 0 Å². The van der Waals surface area contributed by atoms with Crippen molar-refractivity contribution in [2.45, 2.75) is 80.6 Å². The van der Waals surface area contributed by atoms with E-state index in [1.165, 1.54) is 55.5 Å². The third-order valence-corrected chi connectivity index (χ3v) is 14.2. The molecule has 1 aliphatic rings. The molecule has 0 saturated carbocycles. The van der Waals surface area contributed by atoms with E-state index in [-0.39, 0.29) is 17.3 Å². The molecule has 2 nitrogen and oxygen atoms in total. The molecular weight excluding hydrogens is 857 g/mol. The molecule has 1 unspecified atom stereocenters. The zero-order chi connectivity index (χ0) is 50.8. The fourth-order valence-electron chi connectivity index (χ4n) is 10.4. The SMILES string of the molecule is C=C/C=C\C=C(/C)C(c1cccc(N(c2ccc(C(=C)/C=C\C(=C/C)n3c(C=C)c(/C=C\C)c4ccccc43)cc2)c2ccc(C)c(C(C)(C)c3ccccc3C)c2)c1C(C)=C(C)C)C1C=CC=CC=C1. The number of anilines is 3. The lowest BCUT2D eigenvalue weighted by molar-refractivity contribution is 0.631. The normalized spacial score (nSPS) is 13.9. The van der Waals surface area contributed by atoms with Crippen LogP contribution in [0.15, 0.2) is 225 Å². The van der Waals surface area contributed by atoms with E-state index in [0.29, 0.717) is 0 Å². The van der Waals surface area contributed by atoms with Crippen molar-refractivity contribution in [1.29, 1.82) is 0 Å². The van der Waals surface area contributed by atoms with Gasteiger partial charge in [0.05, 0.1) is 16.9 Å². The summed E-state index contributed by atoms with van der Waals surface area (Å²) in [5.41, 5.74) is 20.9. The summed E-state index contributed by atoms with van der Waals surface area (Å²) in [7, 11) is 0. The van der Waals surface area contributed by atoms with Crippen molar-refractivity contribution in [3.63, 3.8) is 0 Å². The molecule has 7 rings (SSSR count). The Morgan fingerprint density at radius 3 is 2.06 bits per heavy atom. The molecule has 0 amide bonds. The lowest BCUT2D eigenvalue weighted by Crippen LogP contribution is -2.23. The molecule has 5 aromatic carbocycles. The first-order valence-electron chi connectivity index (χ1n) is 25.0. The standard InChI is InChI=1S/C69H72N2/c1-14-18-21-31-52(10)67(55-32-22-19-20-23-33-55)61-35-28-38-66(68(61)53(11)48(5)6)70(58-44-40-51(9)63(47-58)69(12,13)62-36-26-24-30-50(62)8)57-45-41-54(42-46-57)49(7)39-43-56(16-3)71-64(17-4)59(29-15-2)60-34-25-27-37-65(60)71/h14-47,55,67H,1,4,7H2,2-3,5-6,8-13H3/b21-18-,29-15-,43-39-,52-31+,56-16+. The van der Waals surface area contributed by atoms with Crippen LogP contribution in [0.5, 0.6) is 0 Å². The second-order valence-electron chi connectivity index (χ2n) is 19.4. The Labute approximate surface area is 426 Å². The predicted molar refractivity (Wildman–Crippen MR) is 315 cm³/mol. The van der Waals surface area contributed by atoms with Gasteiger partial charge in [-0.25, -0.2) is 0 Å². The minimum atomic E-state index is -0.261. The van der Waals surface area contributed by atoms with E-state index in [2.05, 4.69) is 287 Å². The van der Waals surface area contributed by atoms with Crippen molar-refractivity contribution in [1.82, 2.24) is 4.57 Å². The third-order valence-electron chi connectivity index (χ3n) is 14.2. The smallest absolute Gasteiger partial charge is 0.0540 e. The maximum atomic E-state index is 4.62. The van der Waals surface area contributed by atoms with Gasteiger partial charge in [-0.15, -0.1) is 0 Å². The van der Waals surface area contributed by atoms with Gasteiger partial charge in [0.2, 0.25) is 0 Å². The Hall–Kier alpha value is -7.68. The Morgan fingerprint density at radius 1 is 0.718 bits per heavy atom. The first-order valence-corrected chi connectivity index (χ1v) is 25.0. The summed E-state index contributed by atoms with van der Waals surface area (Å²) >= 11 is 0. The number of aryl methyl sites for hydroxylation is 2. The first kappa shape index (κ1) is 51.2. The molecule has 0 aliphatic heterocycles. The minimum absolute atomic E-state index is 0.0536. The molecule has 1 atom stereocenters. The topological polar surface area (TPSA) is 8.17 Å². The Kier molecular flexibility index (Phi) is 16.5. The number of hydrogen-bond acceptors (Lipinski definition) is 1. The molecule has 1 aliphatic carbocycles. The maximum Gasteiger partial charge on any atom is 0.0540 e. The molecule has 71 heavy (non-hydrogen) atoms. The maximum absolute atomic E-state index is 4.62. The van der Waals surface area contributed by atoms with Gasteiger partial charge < -0.3 is 9.47 Å². The van der Waals surface area contributed by atoms with Gasteiger partial charge in [-0.05, 0) is 148 Å². The molecule has 0 spiro atoms. The van der Waals surface area contributed by atoms with Crippen molar-refractivity contribution in [3.8, 4) is 0 Å². The average Bonchev–Trinajstić information content (AvgIpc) is 3.46. The number of benzene rings is 5. The molecular formula is C69H72N2. The number of allylic oxidation sites excluding steroid dienone is 19. The Bertz CT molecular complexity index is 3220. The van der Waals surface area contributed by atoms with E-state index >= 15 is 0 Å². The van der Waals surface area contributed by atoms with Gasteiger partial charge in [-0.1, -0.05) is 203 Å². The molecule has 2 heteroatoms. The van der Waals surface area contributed by atoms with Crippen molar-refractivity contribution in [2.75, 3.05) is 4.90 Å². The fourth-order valence-corrected chi connectivity index (χ4v) is 10.4. The van der Waals surface area contributed by atoms with E-state index in [1.54, 1.807) is 0 Å². The molecule has 0 fully saturated rings. The summed E-state index contributed by atoms with van der Waals surface area (Å²) in [5.74, 6) is 0.181. The average molecular weight is 929 g/mol. The second kappa shape index (κ2) is 22.8. The summed E-state index contributed by atoms with van der Waals surface area (Å²) < 4.78 is 2.29. The highest BCUT2D eigenvalue weighted by Gasteiger charge is 2.31. The zero-order valence-electron chi connectivity index (χ0n) is 43.8. The van der Waals surface area contributed by atoms with Crippen LogP contribution in [0, 0.1) is 19.8 Å². The number of hydrogen-bond donors (Lipinski definition) is 0. The van der Waals surface area contributed by atoms with Crippen LogP contribution in [0.3, 0.4) is 0 Å². The van der Waals surface area contributed by atoms with Gasteiger partial charge in [0.15, 0.2) is 0 Å². The monoisotopic (exact) mass is 929 g/mol. The van der Waals surface area contributed by atoms with Crippen LogP contribution < -0.4 is 4.90 Å². The van der Waals surface area contributed by atoms with Crippen molar-refractivity contribution >= 4 is 57.0 Å². The fraction of sp³-hybridized carbons (Fsp3) is 0.188. The van der Waals surface area contributed by atoms with Gasteiger partial charge in [0, 0.05) is 50.8 Å². The van der Waals surface area contributed by atoms with E-state index < -0.39 is 0 Å². The Morgan fingerprint density at radius 2 is 1.39 bits per heavy atom. The lowest BCUT2D eigenvalue weighted by Gasteiger charge is -2.35. The Balaban J connectivity index is 1.41. The van der Waals surface area contributed by atoms with E-state index in [9.17, 15) is 0 Å². The van der Waals surface area contributed by atoms with Crippen LogP contribution >= 0.6 is 0 Å². The van der Waals surface area contributed by atoms with E-state index in [1.807, 2.05) is 18.2 Å². The molecule has 1 aromatic heterocycles. The quantitative estimate of drug-likeness (QED) is 0.0828. The van der Waals surface area contributed by atoms with Crippen LogP contribution in [0.4, 0.5) is 17.1 Å². The number of rotatable bonds is 17. The predicted octanol–water partition coefficient (Wildman–Crippen LogP) is 19.7. The lowest BCUT2D eigenvalue weighted by atomic mass is 9.74. The number of para-hydroxylation sites is 1. The summed E-state index contributed by atoms with van der Waals surface area (Å²) in [6, 6.07) is 40.2. The second-order valence-corrected chi connectivity index (χ2v) is 19.4. The number of nitrogens with zero attached hydrogens (tertiary/aromatic N) is 2. The van der Waals surface area contributed by atoms with Gasteiger partial charge in [0.1, 0.15) is 0 Å². The van der Waals surface area contributed by atoms with E-state index in [0.717, 1.165) is 50.7 Å². The molecule has 358 valence electrons. The first-order chi connectivity index (χ1) is 34.3. The number of fused-ring (bicyclic) bond motifs is 1. The van der Waals surface area contributed by atoms with Crippen LogP contribution in [-0.2, 0) is 5.41 Å². The van der Waals surface area contributed by atoms with Gasteiger partial charge in [-0.2, -0.15) is 0 Å². The molecule has 1 heterocycles. The molecule has 0 bridgehead atoms. The zero-order valence-corrected chi connectivity index (χ0v) is 43.8. The summed E-state index contributed by atoms with van der Waals surface area (Å²) in [4.78, 5) is 2.48. The number of aromatic nitrogens is 1. The van der Waals surface area contributed by atoms with Crippen molar-refractivity contribution in [2.24, 2.45) is 5.92 Å². The highest BCUT2D eigenvalue weighted by molar-refractivity contribution is 5.97. The minimum Gasteiger partial charge on any atom is -0.310 e. The van der Waals surface area contributed by atoms with Gasteiger partial charge >= 0.3 is 0 Å². The van der Waals surface area contributed by atoms with Crippen LogP contribution in [0.25, 0.3) is 39.9 Å². The van der Waals surface area contributed by atoms with Crippen molar-refractivity contribution < 1.29 is 0 Å². The highest BCUT2D eigenvalue weighted by atomic mass is 15.1. The van der Waals surface area contributed by atoms with Crippen molar-refractivity contribution in [3.05, 3.63) is 275 Å².